The van der Waals surface area contributed by atoms with Crippen molar-refractivity contribution in [2.24, 2.45) is 5.92 Å². The van der Waals surface area contributed by atoms with Crippen LogP contribution in [0.2, 0.25) is 0 Å². The van der Waals surface area contributed by atoms with Crippen LogP contribution in [-0.2, 0) is 9.53 Å². The van der Waals surface area contributed by atoms with Gasteiger partial charge in [0.05, 0.1) is 13.2 Å². The minimum Gasteiger partial charge on any atom is -0.484 e. The van der Waals surface area contributed by atoms with Gasteiger partial charge in [0, 0.05) is 25.7 Å². The molecule has 0 saturated carbocycles. The maximum absolute atomic E-state index is 12.2. The van der Waals surface area contributed by atoms with Crippen LogP contribution in [0, 0.1) is 5.92 Å². The number of hydrogen-bond acceptors (Lipinski definition) is 4. The van der Waals surface area contributed by atoms with Crippen LogP contribution in [-0.4, -0.2) is 56.3 Å². The molecular weight excluding hydrogens is 328 g/mol. The van der Waals surface area contributed by atoms with Gasteiger partial charge in [0.2, 0.25) is 0 Å². The molecule has 1 aliphatic rings. The van der Waals surface area contributed by atoms with Gasteiger partial charge in [-0.25, -0.2) is 0 Å². The van der Waals surface area contributed by atoms with Crippen LogP contribution in [0.1, 0.15) is 13.8 Å². The number of nitrogens with zero attached hydrogens (tertiary/aromatic N) is 1. The van der Waals surface area contributed by atoms with Crippen molar-refractivity contribution in [1.29, 1.82) is 0 Å². The predicted molar refractivity (Wildman–Crippen MR) is 103 cm³/mol. The standard InChI is InChI=1S/C21H28N2O3/c1-16(2)20(23-9-11-25-12-10-23)14-22-21(24)15-26-19-8-7-17-5-3-4-6-18(17)13-19/h3-8,13,16,20H,9-12,14-15H2,1-2H3,(H,22,24). The van der Waals surface area contributed by atoms with Crippen molar-refractivity contribution in [2.75, 3.05) is 39.5 Å². The Labute approximate surface area is 155 Å². The Kier molecular flexibility index (Phi) is 6.47. The predicted octanol–water partition coefficient (Wildman–Crippen LogP) is 2.69. The molecule has 0 aromatic heterocycles. The Balaban J connectivity index is 1.49. The Morgan fingerprint density at radius 3 is 2.62 bits per heavy atom. The summed E-state index contributed by atoms with van der Waals surface area (Å²) in [6.45, 7) is 8.43. The second-order valence-electron chi connectivity index (χ2n) is 7.06. The fraction of sp³-hybridized carbons (Fsp3) is 0.476. The molecule has 1 fully saturated rings. The minimum atomic E-state index is -0.0860. The van der Waals surface area contributed by atoms with Crippen LogP contribution in [0.4, 0.5) is 0 Å². The lowest BCUT2D eigenvalue weighted by Crippen LogP contribution is -2.51. The fourth-order valence-corrected chi connectivity index (χ4v) is 3.37. The zero-order chi connectivity index (χ0) is 18.4. The zero-order valence-electron chi connectivity index (χ0n) is 15.6. The molecule has 3 rings (SSSR count). The van der Waals surface area contributed by atoms with Crippen molar-refractivity contribution in [3.63, 3.8) is 0 Å². The van der Waals surface area contributed by atoms with Crippen LogP contribution in [0.15, 0.2) is 42.5 Å². The molecule has 1 atom stereocenters. The summed E-state index contributed by atoms with van der Waals surface area (Å²) in [6.07, 6.45) is 0. The van der Waals surface area contributed by atoms with Crippen LogP contribution in [0.5, 0.6) is 5.75 Å². The highest BCUT2D eigenvalue weighted by molar-refractivity contribution is 5.84. The summed E-state index contributed by atoms with van der Waals surface area (Å²) in [5, 5.41) is 5.29. The molecule has 1 amide bonds. The van der Waals surface area contributed by atoms with Gasteiger partial charge in [0.1, 0.15) is 5.75 Å². The van der Waals surface area contributed by atoms with Crippen molar-refractivity contribution in [3.8, 4) is 5.75 Å². The lowest BCUT2D eigenvalue weighted by atomic mass is 10.0. The Bertz CT molecular complexity index is 726. The summed E-state index contributed by atoms with van der Waals surface area (Å²) in [6, 6.07) is 14.3. The average molecular weight is 356 g/mol. The maximum atomic E-state index is 12.2. The number of nitrogens with one attached hydrogen (secondary N) is 1. The normalized spacial score (nSPS) is 16.6. The number of amides is 1. The highest BCUT2D eigenvalue weighted by Gasteiger charge is 2.24. The van der Waals surface area contributed by atoms with Crippen molar-refractivity contribution in [1.82, 2.24) is 10.2 Å². The average Bonchev–Trinajstić information content (AvgIpc) is 2.67. The number of hydrogen-bond donors (Lipinski definition) is 1. The van der Waals surface area contributed by atoms with Crippen LogP contribution in [0.25, 0.3) is 10.8 Å². The number of carbonyl (C=O) groups excluding carboxylic acids is 1. The fourth-order valence-electron chi connectivity index (χ4n) is 3.37. The molecule has 2 aromatic carbocycles. The molecule has 1 aliphatic heterocycles. The van der Waals surface area contributed by atoms with Gasteiger partial charge in [0.15, 0.2) is 6.61 Å². The first-order chi connectivity index (χ1) is 12.6. The summed E-state index contributed by atoms with van der Waals surface area (Å²) in [5.74, 6) is 1.10. The van der Waals surface area contributed by atoms with Gasteiger partial charge in [-0.15, -0.1) is 0 Å². The van der Waals surface area contributed by atoms with E-state index in [1.807, 2.05) is 36.4 Å². The van der Waals surface area contributed by atoms with E-state index in [0.29, 0.717) is 24.3 Å². The van der Waals surface area contributed by atoms with Crippen molar-refractivity contribution in [3.05, 3.63) is 42.5 Å². The molecule has 1 N–H and O–H groups in total. The first kappa shape index (κ1) is 18.7. The number of rotatable bonds is 7. The van der Waals surface area contributed by atoms with E-state index in [2.05, 4.69) is 30.1 Å². The Morgan fingerprint density at radius 2 is 1.88 bits per heavy atom. The molecule has 0 radical (unpaired) electrons. The number of fused-ring (bicyclic) bond motifs is 1. The first-order valence-corrected chi connectivity index (χ1v) is 9.33. The largest absolute Gasteiger partial charge is 0.484 e. The van der Waals surface area contributed by atoms with Gasteiger partial charge < -0.3 is 14.8 Å². The van der Waals surface area contributed by atoms with Gasteiger partial charge in [-0.3, -0.25) is 9.69 Å². The third-order valence-corrected chi connectivity index (χ3v) is 4.88. The molecule has 1 unspecified atom stereocenters. The molecule has 0 spiro atoms. The van der Waals surface area contributed by atoms with Crippen LogP contribution < -0.4 is 10.1 Å². The molecule has 0 bridgehead atoms. The SMILES string of the molecule is CC(C)C(CNC(=O)COc1ccc2ccccc2c1)N1CCOCC1. The summed E-state index contributed by atoms with van der Waals surface area (Å²) in [5.41, 5.74) is 0. The van der Waals surface area contributed by atoms with Crippen LogP contribution >= 0.6 is 0 Å². The van der Waals surface area contributed by atoms with Crippen LogP contribution in [0.3, 0.4) is 0 Å². The highest BCUT2D eigenvalue weighted by Crippen LogP contribution is 2.20. The van der Waals surface area contributed by atoms with Crippen molar-refractivity contribution >= 4 is 16.7 Å². The third-order valence-electron chi connectivity index (χ3n) is 4.88. The summed E-state index contributed by atoms with van der Waals surface area (Å²) in [7, 11) is 0. The van der Waals surface area contributed by atoms with Gasteiger partial charge in [-0.2, -0.15) is 0 Å². The topological polar surface area (TPSA) is 50.8 Å². The number of morpholine rings is 1. The summed E-state index contributed by atoms with van der Waals surface area (Å²) >= 11 is 0. The van der Waals surface area contributed by atoms with Crippen molar-refractivity contribution < 1.29 is 14.3 Å². The molecular formula is C21H28N2O3. The van der Waals surface area contributed by atoms with E-state index in [0.717, 1.165) is 37.1 Å². The van der Waals surface area contributed by atoms with Crippen molar-refractivity contribution in [2.45, 2.75) is 19.9 Å². The highest BCUT2D eigenvalue weighted by atomic mass is 16.5. The molecule has 140 valence electrons. The third kappa shape index (κ3) is 4.96. The number of carbonyl (C=O) groups is 1. The molecule has 0 aliphatic carbocycles. The van der Waals surface area contributed by atoms with E-state index in [-0.39, 0.29) is 12.5 Å². The smallest absolute Gasteiger partial charge is 0.257 e. The minimum absolute atomic E-state index is 0.0340. The van der Waals surface area contributed by atoms with Gasteiger partial charge in [-0.05, 0) is 28.8 Å². The molecule has 26 heavy (non-hydrogen) atoms. The van der Waals surface area contributed by atoms with Gasteiger partial charge in [0.25, 0.3) is 5.91 Å². The maximum Gasteiger partial charge on any atom is 0.257 e. The van der Waals surface area contributed by atoms with E-state index >= 15 is 0 Å². The van der Waals surface area contributed by atoms with E-state index in [4.69, 9.17) is 9.47 Å². The van der Waals surface area contributed by atoms with E-state index in [9.17, 15) is 4.79 Å². The molecule has 5 heteroatoms. The zero-order valence-corrected chi connectivity index (χ0v) is 15.6. The van der Waals surface area contributed by atoms with Gasteiger partial charge in [-0.1, -0.05) is 44.2 Å². The lowest BCUT2D eigenvalue weighted by molar-refractivity contribution is -0.123. The second-order valence-corrected chi connectivity index (χ2v) is 7.06. The summed E-state index contributed by atoms with van der Waals surface area (Å²) in [4.78, 5) is 14.6. The number of ether oxygens (including phenoxy) is 2. The van der Waals surface area contributed by atoms with E-state index in [1.54, 1.807) is 0 Å². The Hall–Kier alpha value is -2.11. The molecule has 5 nitrogen and oxygen atoms in total. The lowest BCUT2D eigenvalue weighted by Gasteiger charge is -2.36. The quantitative estimate of drug-likeness (QED) is 0.829. The second kappa shape index (κ2) is 9.01. The summed E-state index contributed by atoms with van der Waals surface area (Å²) < 4.78 is 11.1. The van der Waals surface area contributed by atoms with E-state index in [1.165, 1.54) is 0 Å². The first-order valence-electron chi connectivity index (χ1n) is 9.33. The van der Waals surface area contributed by atoms with E-state index < -0.39 is 0 Å². The molecule has 1 heterocycles. The number of benzene rings is 2. The van der Waals surface area contributed by atoms with Gasteiger partial charge >= 0.3 is 0 Å². The monoisotopic (exact) mass is 356 g/mol. The molecule has 1 saturated heterocycles. The molecule has 2 aromatic rings. The Morgan fingerprint density at radius 1 is 1.15 bits per heavy atom.